The molecule has 0 amide bonds. The smallest absolute Gasteiger partial charge is 0.138 e. The van der Waals surface area contributed by atoms with Gasteiger partial charge in [0.1, 0.15) is 5.75 Å². The van der Waals surface area contributed by atoms with Crippen molar-refractivity contribution in [3.63, 3.8) is 0 Å². The fourth-order valence-electron chi connectivity index (χ4n) is 1.88. The Morgan fingerprint density at radius 1 is 1.47 bits per heavy atom. The molecule has 82 valence electrons. The first kappa shape index (κ1) is 10.7. The number of β-amino-alcohol motifs (C(OH)–C–C–N with tert-alkyl or cyclic N) is 1. The molecular formula is C11H14ClNO2. The van der Waals surface area contributed by atoms with Gasteiger partial charge in [-0.15, -0.1) is 0 Å². The maximum atomic E-state index is 9.70. The molecular weight excluding hydrogens is 214 g/mol. The molecule has 1 aromatic carbocycles. The Bertz CT molecular complexity index is 356. The molecule has 0 bridgehead atoms. The lowest BCUT2D eigenvalue weighted by Crippen LogP contribution is -2.21. The molecule has 0 saturated carbocycles. The third kappa shape index (κ3) is 2.43. The van der Waals surface area contributed by atoms with Crippen molar-refractivity contribution in [1.82, 2.24) is 4.90 Å². The predicted molar refractivity (Wildman–Crippen MR) is 59.0 cm³/mol. The number of phenolic OH excluding ortho intramolecular Hbond substituents is 1. The molecule has 1 saturated heterocycles. The maximum absolute atomic E-state index is 9.70. The Balaban J connectivity index is 2.07. The second-order valence-electron chi connectivity index (χ2n) is 3.93. The third-order valence-electron chi connectivity index (χ3n) is 2.71. The molecule has 4 heteroatoms. The van der Waals surface area contributed by atoms with Crippen molar-refractivity contribution in [2.75, 3.05) is 13.1 Å². The number of hydrogen-bond donors (Lipinski definition) is 2. The summed E-state index contributed by atoms with van der Waals surface area (Å²) in [6.45, 7) is 2.18. The second-order valence-corrected chi connectivity index (χ2v) is 4.33. The van der Waals surface area contributed by atoms with E-state index in [1.165, 1.54) is 0 Å². The van der Waals surface area contributed by atoms with Crippen LogP contribution in [0.3, 0.4) is 0 Å². The zero-order chi connectivity index (χ0) is 10.8. The number of halogens is 1. The highest BCUT2D eigenvalue weighted by atomic mass is 35.5. The van der Waals surface area contributed by atoms with Crippen molar-refractivity contribution in [2.24, 2.45) is 0 Å². The molecule has 1 aromatic rings. The summed E-state index contributed by atoms with van der Waals surface area (Å²) in [5, 5.41) is 19.5. The van der Waals surface area contributed by atoms with E-state index in [2.05, 4.69) is 4.90 Å². The van der Waals surface area contributed by atoms with Gasteiger partial charge in [0.25, 0.3) is 0 Å². The SMILES string of the molecule is Oc1c(Cl)cccc1CN1CC[C@@H](O)C1. The molecule has 0 unspecified atom stereocenters. The largest absolute Gasteiger partial charge is 0.506 e. The molecule has 1 heterocycles. The number of benzene rings is 1. The molecule has 0 aliphatic carbocycles. The van der Waals surface area contributed by atoms with Crippen LogP contribution in [0.15, 0.2) is 18.2 Å². The zero-order valence-corrected chi connectivity index (χ0v) is 9.11. The third-order valence-corrected chi connectivity index (χ3v) is 3.02. The van der Waals surface area contributed by atoms with Crippen molar-refractivity contribution in [1.29, 1.82) is 0 Å². The molecule has 0 radical (unpaired) electrons. The molecule has 1 aliphatic rings. The van der Waals surface area contributed by atoms with Crippen molar-refractivity contribution < 1.29 is 10.2 Å². The van der Waals surface area contributed by atoms with Gasteiger partial charge in [-0.25, -0.2) is 0 Å². The van der Waals surface area contributed by atoms with Crippen LogP contribution in [0.2, 0.25) is 5.02 Å². The Kier molecular flexibility index (Phi) is 3.14. The van der Waals surface area contributed by atoms with Gasteiger partial charge < -0.3 is 10.2 Å². The minimum Gasteiger partial charge on any atom is -0.506 e. The van der Waals surface area contributed by atoms with E-state index in [9.17, 15) is 10.2 Å². The number of hydrogen-bond acceptors (Lipinski definition) is 3. The highest BCUT2D eigenvalue weighted by molar-refractivity contribution is 6.32. The topological polar surface area (TPSA) is 43.7 Å². The van der Waals surface area contributed by atoms with Crippen LogP contribution in [0.25, 0.3) is 0 Å². The van der Waals surface area contributed by atoms with Crippen LogP contribution in [0, 0.1) is 0 Å². The predicted octanol–water partition coefficient (Wildman–Crippen LogP) is 1.61. The Morgan fingerprint density at radius 3 is 2.93 bits per heavy atom. The molecule has 2 N–H and O–H groups in total. The van der Waals surface area contributed by atoms with Crippen LogP contribution in [-0.2, 0) is 6.54 Å². The number of rotatable bonds is 2. The molecule has 1 fully saturated rings. The van der Waals surface area contributed by atoms with E-state index in [1.54, 1.807) is 6.07 Å². The maximum Gasteiger partial charge on any atom is 0.138 e. The molecule has 15 heavy (non-hydrogen) atoms. The van der Waals surface area contributed by atoms with Gasteiger partial charge in [0.15, 0.2) is 0 Å². The Morgan fingerprint density at radius 2 is 2.27 bits per heavy atom. The van der Waals surface area contributed by atoms with Crippen LogP contribution in [0.1, 0.15) is 12.0 Å². The monoisotopic (exact) mass is 227 g/mol. The normalized spacial score (nSPS) is 22.1. The lowest BCUT2D eigenvalue weighted by atomic mass is 10.2. The molecule has 1 atom stereocenters. The summed E-state index contributed by atoms with van der Waals surface area (Å²) in [6.07, 6.45) is 0.577. The number of nitrogens with zero attached hydrogens (tertiary/aromatic N) is 1. The summed E-state index contributed by atoms with van der Waals surface area (Å²) >= 11 is 5.81. The number of likely N-dealkylation sites (tertiary alicyclic amines) is 1. The number of phenols is 1. The molecule has 0 spiro atoms. The van der Waals surface area contributed by atoms with Crippen LogP contribution >= 0.6 is 11.6 Å². The first-order valence-electron chi connectivity index (χ1n) is 5.03. The van der Waals surface area contributed by atoms with E-state index < -0.39 is 0 Å². The summed E-state index contributed by atoms with van der Waals surface area (Å²) in [5.41, 5.74) is 0.816. The van der Waals surface area contributed by atoms with E-state index in [4.69, 9.17) is 11.6 Å². The van der Waals surface area contributed by atoms with Crippen molar-refractivity contribution in [3.05, 3.63) is 28.8 Å². The number of para-hydroxylation sites is 1. The van der Waals surface area contributed by atoms with Gasteiger partial charge >= 0.3 is 0 Å². The fraction of sp³-hybridized carbons (Fsp3) is 0.455. The van der Waals surface area contributed by atoms with Gasteiger partial charge in [-0.1, -0.05) is 23.7 Å². The van der Waals surface area contributed by atoms with Crippen LogP contribution in [0.5, 0.6) is 5.75 Å². The van der Waals surface area contributed by atoms with Gasteiger partial charge in [0.2, 0.25) is 0 Å². The highest BCUT2D eigenvalue weighted by Gasteiger charge is 2.21. The Hall–Kier alpha value is -0.770. The van der Waals surface area contributed by atoms with Crippen LogP contribution in [0.4, 0.5) is 0 Å². The summed E-state index contributed by atoms with van der Waals surface area (Å²) in [5.74, 6) is 0.153. The number of aromatic hydroxyl groups is 1. The van der Waals surface area contributed by atoms with E-state index in [-0.39, 0.29) is 11.9 Å². The molecule has 0 aromatic heterocycles. The van der Waals surface area contributed by atoms with Gasteiger partial charge in [-0.05, 0) is 12.5 Å². The van der Waals surface area contributed by atoms with Crippen molar-refractivity contribution in [3.8, 4) is 5.75 Å². The standard InChI is InChI=1S/C11H14ClNO2/c12-10-3-1-2-8(11(10)15)6-13-5-4-9(14)7-13/h1-3,9,14-15H,4-7H2/t9-/m1/s1. The average molecular weight is 228 g/mol. The summed E-state index contributed by atoms with van der Waals surface area (Å²) in [7, 11) is 0. The van der Waals surface area contributed by atoms with Crippen LogP contribution < -0.4 is 0 Å². The lowest BCUT2D eigenvalue weighted by molar-refractivity contribution is 0.174. The summed E-state index contributed by atoms with van der Waals surface area (Å²) in [6, 6.07) is 5.34. The van der Waals surface area contributed by atoms with Gasteiger partial charge in [0.05, 0.1) is 11.1 Å². The molecule has 2 rings (SSSR count). The van der Waals surface area contributed by atoms with Gasteiger partial charge in [0, 0.05) is 25.2 Å². The minimum absolute atomic E-state index is 0.153. The second kappa shape index (κ2) is 4.39. The van der Waals surface area contributed by atoms with E-state index >= 15 is 0 Å². The summed E-state index contributed by atoms with van der Waals surface area (Å²) < 4.78 is 0. The van der Waals surface area contributed by atoms with Crippen LogP contribution in [-0.4, -0.2) is 34.3 Å². The van der Waals surface area contributed by atoms with E-state index in [1.807, 2.05) is 12.1 Å². The van der Waals surface area contributed by atoms with Gasteiger partial charge in [-0.2, -0.15) is 0 Å². The minimum atomic E-state index is -0.230. The Labute approximate surface area is 93.9 Å². The highest BCUT2D eigenvalue weighted by Crippen LogP contribution is 2.28. The van der Waals surface area contributed by atoms with Gasteiger partial charge in [-0.3, -0.25) is 4.90 Å². The lowest BCUT2D eigenvalue weighted by Gasteiger charge is -2.15. The van der Waals surface area contributed by atoms with E-state index in [0.29, 0.717) is 18.1 Å². The average Bonchev–Trinajstić information content (AvgIpc) is 2.59. The number of aliphatic hydroxyl groups excluding tert-OH is 1. The quantitative estimate of drug-likeness (QED) is 0.807. The first-order chi connectivity index (χ1) is 7.16. The number of aliphatic hydroxyl groups is 1. The fourth-order valence-corrected chi connectivity index (χ4v) is 2.08. The molecule has 1 aliphatic heterocycles. The summed E-state index contributed by atoms with van der Waals surface area (Å²) in [4.78, 5) is 2.11. The first-order valence-corrected chi connectivity index (χ1v) is 5.41. The van der Waals surface area contributed by atoms with Crippen molar-refractivity contribution >= 4 is 11.6 Å². The zero-order valence-electron chi connectivity index (χ0n) is 8.36. The molecule has 3 nitrogen and oxygen atoms in total. The van der Waals surface area contributed by atoms with Crippen molar-refractivity contribution in [2.45, 2.75) is 19.1 Å². The van der Waals surface area contributed by atoms with E-state index in [0.717, 1.165) is 18.5 Å².